The Bertz CT molecular complexity index is 821. The van der Waals surface area contributed by atoms with Crippen molar-refractivity contribution >= 4 is 5.91 Å². The fraction of sp³-hybridized carbons (Fsp3) is 0.350. The normalized spacial score (nSPS) is 14.9. The summed E-state index contributed by atoms with van der Waals surface area (Å²) in [4.78, 5) is 16.3. The van der Waals surface area contributed by atoms with E-state index in [1.807, 2.05) is 0 Å². The minimum atomic E-state index is -0.591. The van der Waals surface area contributed by atoms with E-state index in [9.17, 15) is 13.6 Å². The van der Waals surface area contributed by atoms with Crippen LogP contribution in [-0.4, -0.2) is 56.1 Å². The van der Waals surface area contributed by atoms with Crippen molar-refractivity contribution in [3.05, 3.63) is 59.2 Å². The Morgan fingerprint density at radius 1 is 1.00 bits per heavy atom. The summed E-state index contributed by atoms with van der Waals surface area (Å²) in [6.07, 6.45) is 0. The molecule has 1 aliphatic heterocycles. The van der Waals surface area contributed by atoms with Crippen molar-refractivity contribution in [1.29, 1.82) is 0 Å². The highest BCUT2D eigenvalue weighted by molar-refractivity contribution is 5.94. The number of methoxy groups -OCH3 is 2. The van der Waals surface area contributed by atoms with E-state index in [-0.39, 0.29) is 17.3 Å². The average Bonchev–Trinajstić information content (AvgIpc) is 2.68. The predicted octanol–water partition coefficient (Wildman–Crippen LogP) is 2.94. The van der Waals surface area contributed by atoms with E-state index in [1.54, 1.807) is 24.1 Å². The smallest absolute Gasteiger partial charge is 0.256 e. The minimum absolute atomic E-state index is 0.0380. The van der Waals surface area contributed by atoms with Crippen molar-refractivity contribution in [3.63, 3.8) is 0 Å². The number of hydrogen-bond acceptors (Lipinski definition) is 4. The van der Waals surface area contributed by atoms with E-state index in [4.69, 9.17) is 9.47 Å². The molecule has 0 spiro atoms. The molecule has 5 nitrogen and oxygen atoms in total. The molecule has 0 saturated carbocycles. The Hall–Kier alpha value is -2.67. The fourth-order valence-electron chi connectivity index (χ4n) is 3.19. The molecular formula is C20H22F2N2O3. The summed E-state index contributed by atoms with van der Waals surface area (Å²) in [5.74, 6) is -0.230. The molecule has 1 saturated heterocycles. The van der Waals surface area contributed by atoms with Gasteiger partial charge in [-0.15, -0.1) is 0 Å². The molecule has 0 radical (unpaired) electrons. The van der Waals surface area contributed by atoms with Crippen LogP contribution in [-0.2, 0) is 6.54 Å². The maximum Gasteiger partial charge on any atom is 0.256 e. The molecule has 27 heavy (non-hydrogen) atoms. The van der Waals surface area contributed by atoms with Crippen LogP contribution in [0.3, 0.4) is 0 Å². The van der Waals surface area contributed by atoms with Gasteiger partial charge in [0.15, 0.2) is 0 Å². The highest BCUT2D eigenvalue weighted by Crippen LogP contribution is 2.22. The lowest BCUT2D eigenvalue weighted by Gasteiger charge is -2.35. The zero-order chi connectivity index (χ0) is 19.4. The van der Waals surface area contributed by atoms with E-state index in [0.717, 1.165) is 5.56 Å². The number of nitrogens with zero attached hydrogens (tertiary/aromatic N) is 2. The standard InChI is InChI=1S/C20H22F2N2O3/c1-26-16-4-5-17(18(22)12-16)20(25)24-9-7-23(8-10-24)13-14-11-15(21)3-6-19(14)27-2/h3-6,11-12H,7-10,13H2,1-2H3. The number of carbonyl (C=O) groups is 1. The van der Waals surface area contributed by atoms with E-state index >= 15 is 0 Å². The SMILES string of the molecule is COc1ccc(C(=O)N2CCN(Cc3cc(F)ccc3OC)CC2)c(F)c1. The fourth-order valence-corrected chi connectivity index (χ4v) is 3.19. The number of amides is 1. The van der Waals surface area contributed by atoms with Crippen LogP contribution in [0.5, 0.6) is 11.5 Å². The van der Waals surface area contributed by atoms with Crippen molar-refractivity contribution in [2.75, 3.05) is 40.4 Å². The summed E-state index contributed by atoms with van der Waals surface area (Å²) in [7, 11) is 3.00. The zero-order valence-electron chi connectivity index (χ0n) is 15.4. The van der Waals surface area contributed by atoms with Gasteiger partial charge in [-0.25, -0.2) is 8.78 Å². The van der Waals surface area contributed by atoms with Gasteiger partial charge < -0.3 is 14.4 Å². The van der Waals surface area contributed by atoms with Crippen LogP contribution >= 0.6 is 0 Å². The second kappa shape index (κ2) is 8.35. The zero-order valence-corrected chi connectivity index (χ0v) is 15.4. The Balaban J connectivity index is 1.62. The molecule has 1 aliphatic rings. The second-order valence-corrected chi connectivity index (χ2v) is 6.37. The molecule has 0 bridgehead atoms. The Morgan fingerprint density at radius 3 is 2.37 bits per heavy atom. The first-order valence-electron chi connectivity index (χ1n) is 8.69. The molecule has 2 aromatic carbocycles. The molecule has 0 N–H and O–H groups in total. The third-order valence-electron chi connectivity index (χ3n) is 4.70. The van der Waals surface area contributed by atoms with Crippen molar-refractivity contribution in [1.82, 2.24) is 9.80 Å². The summed E-state index contributed by atoms with van der Waals surface area (Å²) < 4.78 is 37.9. The number of ether oxygens (including phenoxy) is 2. The van der Waals surface area contributed by atoms with Crippen molar-refractivity contribution in [2.24, 2.45) is 0 Å². The molecule has 0 unspecified atom stereocenters. The number of rotatable bonds is 5. The maximum atomic E-state index is 14.1. The van der Waals surface area contributed by atoms with E-state index < -0.39 is 5.82 Å². The van der Waals surface area contributed by atoms with Crippen LogP contribution in [0.2, 0.25) is 0 Å². The van der Waals surface area contributed by atoms with Gasteiger partial charge in [-0.3, -0.25) is 9.69 Å². The van der Waals surface area contributed by atoms with Gasteiger partial charge >= 0.3 is 0 Å². The summed E-state index contributed by atoms with van der Waals surface area (Å²) >= 11 is 0. The molecule has 0 atom stereocenters. The first-order valence-corrected chi connectivity index (χ1v) is 8.69. The highest BCUT2D eigenvalue weighted by atomic mass is 19.1. The average molecular weight is 376 g/mol. The molecule has 1 fully saturated rings. The van der Waals surface area contributed by atoms with Crippen LogP contribution in [0.25, 0.3) is 0 Å². The molecule has 1 heterocycles. The Labute approximate surface area is 157 Å². The van der Waals surface area contributed by atoms with Crippen molar-refractivity contribution in [3.8, 4) is 11.5 Å². The minimum Gasteiger partial charge on any atom is -0.497 e. The van der Waals surface area contributed by atoms with Gasteiger partial charge in [0.2, 0.25) is 0 Å². The molecule has 0 aliphatic carbocycles. The van der Waals surface area contributed by atoms with Crippen molar-refractivity contribution < 1.29 is 23.0 Å². The van der Waals surface area contributed by atoms with Crippen LogP contribution in [0.4, 0.5) is 8.78 Å². The lowest BCUT2D eigenvalue weighted by atomic mass is 10.1. The number of carbonyl (C=O) groups excluding carboxylic acids is 1. The van der Waals surface area contributed by atoms with Crippen molar-refractivity contribution in [2.45, 2.75) is 6.54 Å². The number of hydrogen-bond donors (Lipinski definition) is 0. The van der Waals surface area contributed by atoms with Gasteiger partial charge in [-0.05, 0) is 30.3 Å². The molecule has 2 aromatic rings. The molecule has 0 aromatic heterocycles. The highest BCUT2D eigenvalue weighted by Gasteiger charge is 2.25. The molecule has 1 amide bonds. The third-order valence-corrected chi connectivity index (χ3v) is 4.70. The summed E-state index contributed by atoms with van der Waals surface area (Å²) in [5, 5.41) is 0. The van der Waals surface area contributed by atoms with Gasteiger partial charge in [0.1, 0.15) is 23.1 Å². The van der Waals surface area contributed by atoms with Gasteiger partial charge in [0, 0.05) is 44.4 Å². The largest absolute Gasteiger partial charge is 0.497 e. The first kappa shape index (κ1) is 19.1. The van der Waals surface area contributed by atoms with Crippen LogP contribution in [0, 0.1) is 11.6 Å². The second-order valence-electron chi connectivity index (χ2n) is 6.37. The number of halogens is 2. The van der Waals surface area contributed by atoms with Gasteiger partial charge in [0.05, 0.1) is 19.8 Å². The summed E-state index contributed by atoms with van der Waals surface area (Å²) in [6.45, 7) is 2.70. The third kappa shape index (κ3) is 4.36. The van der Waals surface area contributed by atoms with Crippen LogP contribution in [0.1, 0.15) is 15.9 Å². The number of benzene rings is 2. The Kier molecular flexibility index (Phi) is 5.91. The van der Waals surface area contributed by atoms with Gasteiger partial charge in [0.25, 0.3) is 5.91 Å². The Morgan fingerprint density at radius 2 is 1.74 bits per heavy atom. The van der Waals surface area contributed by atoms with E-state index in [1.165, 1.54) is 31.4 Å². The predicted molar refractivity (Wildman–Crippen MR) is 97.1 cm³/mol. The molecule has 3 rings (SSSR count). The quantitative estimate of drug-likeness (QED) is 0.805. The summed E-state index contributed by atoms with van der Waals surface area (Å²) in [5.41, 5.74) is 0.800. The monoisotopic (exact) mass is 376 g/mol. The van der Waals surface area contributed by atoms with E-state index in [2.05, 4.69) is 4.90 Å². The maximum absolute atomic E-state index is 14.1. The van der Waals surface area contributed by atoms with Crippen LogP contribution in [0.15, 0.2) is 36.4 Å². The number of piperazine rings is 1. The van der Waals surface area contributed by atoms with Gasteiger partial charge in [-0.2, -0.15) is 0 Å². The van der Waals surface area contributed by atoms with E-state index in [0.29, 0.717) is 44.2 Å². The molecular weight excluding hydrogens is 354 g/mol. The summed E-state index contributed by atoms with van der Waals surface area (Å²) in [6, 6.07) is 8.66. The first-order chi connectivity index (χ1) is 13.0. The van der Waals surface area contributed by atoms with Gasteiger partial charge in [-0.1, -0.05) is 0 Å². The molecule has 7 heteroatoms. The van der Waals surface area contributed by atoms with Crippen LogP contribution < -0.4 is 9.47 Å². The topological polar surface area (TPSA) is 42.0 Å². The lowest BCUT2D eigenvalue weighted by molar-refractivity contribution is 0.0623. The molecule has 144 valence electrons. The lowest BCUT2D eigenvalue weighted by Crippen LogP contribution is -2.48.